The molecule has 0 N–H and O–H groups in total. The van der Waals surface area contributed by atoms with Gasteiger partial charge in [0.15, 0.2) is 0 Å². The average molecular weight is 359 g/mol. The maximum atomic E-state index is 12.0. The Labute approximate surface area is 129 Å². The van der Waals surface area contributed by atoms with Crippen molar-refractivity contribution in [1.29, 1.82) is 0 Å². The molecule has 1 atom stereocenters. The topological polar surface area (TPSA) is 91.8 Å². The van der Waals surface area contributed by atoms with Crippen molar-refractivity contribution < 1.29 is 21.6 Å². The van der Waals surface area contributed by atoms with Gasteiger partial charge in [0.25, 0.3) is 0 Å². The minimum Gasteiger partial charge on any atom is -0.339 e. The van der Waals surface area contributed by atoms with Gasteiger partial charge in [-0.2, -0.15) is 0 Å². The summed E-state index contributed by atoms with van der Waals surface area (Å²) in [6.07, 6.45) is 2.53. The highest BCUT2D eigenvalue weighted by Gasteiger charge is 2.38. The van der Waals surface area contributed by atoms with Crippen molar-refractivity contribution in [2.45, 2.75) is 25.3 Å². The van der Waals surface area contributed by atoms with Crippen LogP contribution in [-0.2, 0) is 23.9 Å². The van der Waals surface area contributed by atoms with Crippen molar-refractivity contribution in [3.05, 3.63) is 0 Å². The molecule has 1 unspecified atom stereocenters. The van der Waals surface area contributed by atoms with E-state index >= 15 is 0 Å². The van der Waals surface area contributed by atoms with Gasteiger partial charge in [0.2, 0.25) is 25.0 Å². The number of likely N-dealkylation sites (tertiary alicyclic amines) is 1. The van der Waals surface area contributed by atoms with Crippen molar-refractivity contribution in [1.82, 2.24) is 9.21 Å². The minimum absolute atomic E-state index is 0.0153. The van der Waals surface area contributed by atoms with Crippen molar-refractivity contribution in [2.24, 2.45) is 5.92 Å². The fraction of sp³-hybridized carbons (Fsp3) is 0.909. The zero-order valence-electron chi connectivity index (χ0n) is 11.7. The zero-order chi connectivity index (χ0) is 15.8. The molecule has 0 aromatic carbocycles. The van der Waals surface area contributed by atoms with E-state index in [0.29, 0.717) is 32.5 Å². The van der Waals surface area contributed by atoms with Gasteiger partial charge in [-0.3, -0.25) is 4.79 Å². The van der Waals surface area contributed by atoms with E-state index in [1.807, 2.05) is 0 Å². The molecular weight excluding hydrogens is 340 g/mol. The van der Waals surface area contributed by atoms with Gasteiger partial charge in [-0.1, -0.05) is 0 Å². The maximum absolute atomic E-state index is 12.0. The lowest BCUT2D eigenvalue weighted by Gasteiger charge is -2.35. The van der Waals surface area contributed by atoms with E-state index in [1.165, 1.54) is 10.6 Å². The summed E-state index contributed by atoms with van der Waals surface area (Å²) in [6.45, 7) is 1.17. The molecule has 21 heavy (non-hydrogen) atoms. The van der Waals surface area contributed by atoms with Crippen LogP contribution < -0.4 is 0 Å². The summed E-state index contributed by atoms with van der Waals surface area (Å²) in [5, 5.41) is 0. The van der Waals surface area contributed by atoms with Gasteiger partial charge in [0.1, 0.15) is 0 Å². The normalized spacial score (nSPS) is 26.5. The number of amides is 1. The van der Waals surface area contributed by atoms with Crippen LogP contribution in [0.5, 0.6) is 0 Å². The molecule has 2 rings (SSSR count). The van der Waals surface area contributed by atoms with Crippen LogP contribution in [0, 0.1) is 5.92 Å². The standard InChI is InChI=1S/C11H19ClN2O5S2/c1-20(16,17)13-4-2-10(3-5-13)14-7-9(6-11(14)15)8-21(12,18)19/h9-10H,2-8H2,1H3. The lowest BCUT2D eigenvalue weighted by atomic mass is 10.1. The van der Waals surface area contributed by atoms with Gasteiger partial charge >= 0.3 is 0 Å². The summed E-state index contributed by atoms with van der Waals surface area (Å²) in [5.41, 5.74) is 0. The maximum Gasteiger partial charge on any atom is 0.232 e. The Hall–Kier alpha value is -0.380. The van der Waals surface area contributed by atoms with E-state index in [9.17, 15) is 21.6 Å². The van der Waals surface area contributed by atoms with Crippen molar-refractivity contribution >= 4 is 35.7 Å². The van der Waals surface area contributed by atoms with Gasteiger partial charge in [0.05, 0.1) is 12.0 Å². The van der Waals surface area contributed by atoms with Crippen LogP contribution in [0.3, 0.4) is 0 Å². The summed E-state index contributed by atoms with van der Waals surface area (Å²) in [6, 6.07) is -0.0153. The highest BCUT2D eigenvalue weighted by atomic mass is 35.7. The first-order chi connectivity index (χ1) is 9.56. The Kier molecular flexibility index (Phi) is 4.87. The highest BCUT2D eigenvalue weighted by Crippen LogP contribution is 2.27. The number of nitrogens with zero attached hydrogens (tertiary/aromatic N) is 2. The van der Waals surface area contributed by atoms with Gasteiger partial charge in [0, 0.05) is 48.7 Å². The van der Waals surface area contributed by atoms with Crippen LogP contribution in [0.1, 0.15) is 19.3 Å². The molecule has 0 radical (unpaired) electrons. The molecule has 122 valence electrons. The van der Waals surface area contributed by atoms with Crippen LogP contribution in [0.25, 0.3) is 0 Å². The van der Waals surface area contributed by atoms with E-state index in [0.717, 1.165) is 0 Å². The van der Waals surface area contributed by atoms with Crippen molar-refractivity contribution in [2.75, 3.05) is 31.6 Å². The number of piperidine rings is 1. The van der Waals surface area contributed by atoms with E-state index in [2.05, 4.69) is 0 Å². The molecule has 0 saturated carbocycles. The Morgan fingerprint density at radius 2 is 1.76 bits per heavy atom. The highest BCUT2D eigenvalue weighted by molar-refractivity contribution is 8.13. The van der Waals surface area contributed by atoms with Crippen LogP contribution in [0.4, 0.5) is 0 Å². The Morgan fingerprint density at radius 1 is 1.19 bits per heavy atom. The van der Waals surface area contributed by atoms with E-state index < -0.39 is 19.1 Å². The number of rotatable bonds is 4. The van der Waals surface area contributed by atoms with Crippen LogP contribution in [-0.4, -0.2) is 69.6 Å². The summed E-state index contributed by atoms with van der Waals surface area (Å²) >= 11 is 0. The monoisotopic (exact) mass is 358 g/mol. The number of hydrogen-bond donors (Lipinski definition) is 0. The molecule has 2 heterocycles. The Balaban J connectivity index is 1.94. The van der Waals surface area contributed by atoms with E-state index in [1.54, 1.807) is 4.90 Å². The molecule has 2 saturated heterocycles. The summed E-state index contributed by atoms with van der Waals surface area (Å²) in [5.74, 6) is -0.537. The summed E-state index contributed by atoms with van der Waals surface area (Å²) in [4.78, 5) is 13.7. The van der Waals surface area contributed by atoms with Gasteiger partial charge < -0.3 is 4.90 Å². The minimum atomic E-state index is -3.61. The third-order valence-corrected chi connectivity index (χ3v) is 6.56. The Morgan fingerprint density at radius 3 is 2.24 bits per heavy atom. The third-order valence-electron chi connectivity index (χ3n) is 4.01. The van der Waals surface area contributed by atoms with Crippen molar-refractivity contribution in [3.63, 3.8) is 0 Å². The van der Waals surface area contributed by atoms with Crippen LogP contribution in [0.2, 0.25) is 0 Å². The first kappa shape index (κ1) is 17.0. The number of halogens is 1. The predicted molar refractivity (Wildman–Crippen MR) is 78.9 cm³/mol. The zero-order valence-corrected chi connectivity index (χ0v) is 14.1. The second kappa shape index (κ2) is 6.02. The molecule has 2 fully saturated rings. The van der Waals surface area contributed by atoms with Gasteiger partial charge in [-0.25, -0.2) is 21.1 Å². The SMILES string of the molecule is CS(=O)(=O)N1CCC(N2CC(CS(=O)(=O)Cl)CC2=O)CC1. The third kappa shape index (κ3) is 4.54. The predicted octanol–water partition coefficient (Wildman–Crippen LogP) is -0.172. The fourth-order valence-electron chi connectivity index (χ4n) is 3.04. The second-order valence-electron chi connectivity index (χ2n) is 5.71. The molecule has 1 amide bonds. The number of sulfonamides is 1. The molecular formula is C11H19ClN2O5S2. The number of carbonyl (C=O) groups excluding carboxylic acids is 1. The molecule has 7 nitrogen and oxygen atoms in total. The molecule has 0 bridgehead atoms. The molecule has 0 aromatic heterocycles. The molecule has 0 aromatic rings. The molecule has 0 aliphatic carbocycles. The summed E-state index contributed by atoms with van der Waals surface area (Å²) in [7, 11) is -1.56. The quantitative estimate of drug-likeness (QED) is 0.650. The molecule has 2 aliphatic heterocycles. The average Bonchev–Trinajstić information content (AvgIpc) is 2.66. The molecule has 0 spiro atoms. The van der Waals surface area contributed by atoms with Crippen LogP contribution in [0.15, 0.2) is 0 Å². The number of hydrogen-bond acceptors (Lipinski definition) is 5. The lowest BCUT2D eigenvalue weighted by Crippen LogP contribution is -2.47. The largest absolute Gasteiger partial charge is 0.339 e. The second-order valence-corrected chi connectivity index (χ2v) is 10.5. The van der Waals surface area contributed by atoms with E-state index in [-0.39, 0.29) is 30.0 Å². The van der Waals surface area contributed by atoms with Crippen LogP contribution >= 0.6 is 10.7 Å². The molecule has 10 heteroatoms. The lowest BCUT2D eigenvalue weighted by molar-refractivity contribution is -0.130. The van der Waals surface area contributed by atoms with E-state index in [4.69, 9.17) is 10.7 Å². The van der Waals surface area contributed by atoms with Gasteiger partial charge in [-0.15, -0.1) is 0 Å². The first-order valence-electron chi connectivity index (χ1n) is 6.73. The smallest absolute Gasteiger partial charge is 0.232 e. The van der Waals surface area contributed by atoms with Gasteiger partial charge in [-0.05, 0) is 12.8 Å². The summed E-state index contributed by atoms with van der Waals surface area (Å²) < 4.78 is 46.5. The first-order valence-corrected chi connectivity index (χ1v) is 11.1. The molecule has 2 aliphatic rings. The number of carbonyl (C=O) groups is 1. The fourth-order valence-corrected chi connectivity index (χ4v) is 5.24. The van der Waals surface area contributed by atoms with Crippen molar-refractivity contribution in [3.8, 4) is 0 Å². The Bertz CT molecular complexity index is 611.